The van der Waals surface area contributed by atoms with Crippen LogP contribution in [0.25, 0.3) is 0 Å². The monoisotopic (exact) mass is 412 g/mol. The lowest BCUT2D eigenvalue weighted by Gasteiger charge is -2.19. The molecule has 0 radical (unpaired) electrons. The molecule has 1 fully saturated rings. The minimum atomic E-state index is -0.833. The minimum absolute atomic E-state index is 0.298. The standard InChI is InChI=1S/C18H32N4O3.C2H4O2/c1-18(2,3)24-17(23)20-11-7-10-14(19)16-21-15(22-25-16)12-13-8-5-4-6-9-13;1-2(3)4/h13-14H,4-12,19H2,1-3H3,(H,20,23);1H3,(H,3,4). The molecular formula is C20H36N4O5. The number of carboxylic acids is 1. The van der Waals surface area contributed by atoms with E-state index < -0.39 is 17.7 Å². The number of aliphatic carboxylic acids is 1. The third-order valence-corrected chi connectivity index (χ3v) is 4.36. The number of hydrogen-bond donors (Lipinski definition) is 3. The van der Waals surface area contributed by atoms with E-state index in [2.05, 4.69) is 15.5 Å². The number of hydrogen-bond acceptors (Lipinski definition) is 7. The van der Waals surface area contributed by atoms with Crippen molar-refractivity contribution in [1.29, 1.82) is 0 Å². The Bertz CT molecular complexity index is 617. The molecule has 1 saturated carbocycles. The van der Waals surface area contributed by atoms with Crippen LogP contribution in [0.2, 0.25) is 0 Å². The highest BCUT2D eigenvalue weighted by Crippen LogP contribution is 2.26. The van der Waals surface area contributed by atoms with E-state index in [0.29, 0.717) is 24.8 Å². The largest absolute Gasteiger partial charge is 0.481 e. The van der Waals surface area contributed by atoms with Crippen LogP contribution in [0.5, 0.6) is 0 Å². The summed E-state index contributed by atoms with van der Waals surface area (Å²) in [5.74, 6) is 1.10. The third kappa shape index (κ3) is 12.1. The fourth-order valence-electron chi connectivity index (χ4n) is 3.10. The van der Waals surface area contributed by atoms with Gasteiger partial charge in [0.05, 0.1) is 6.04 Å². The normalized spacial score (nSPS) is 15.8. The van der Waals surface area contributed by atoms with Crippen LogP contribution in [-0.4, -0.2) is 39.5 Å². The van der Waals surface area contributed by atoms with Crippen LogP contribution >= 0.6 is 0 Å². The van der Waals surface area contributed by atoms with Gasteiger partial charge in [-0.15, -0.1) is 0 Å². The molecule has 29 heavy (non-hydrogen) atoms. The maximum absolute atomic E-state index is 11.6. The molecule has 1 heterocycles. The van der Waals surface area contributed by atoms with E-state index in [1.165, 1.54) is 32.1 Å². The lowest BCUT2D eigenvalue weighted by molar-refractivity contribution is -0.134. The molecule has 0 spiro atoms. The minimum Gasteiger partial charge on any atom is -0.481 e. The fraction of sp³-hybridized carbons (Fsp3) is 0.800. The van der Waals surface area contributed by atoms with Crippen molar-refractivity contribution >= 4 is 12.1 Å². The number of rotatable bonds is 7. The van der Waals surface area contributed by atoms with Gasteiger partial charge in [-0.05, 0) is 39.5 Å². The van der Waals surface area contributed by atoms with E-state index in [1.54, 1.807) is 0 Å². The van der Waals surface area contributed by atoms with Gasteiger partial charge in [0.25, 0.3) is 5.97 Å². The Hall–Kier alpha value is -2.16. The second-order valence-corrected chi connectivity index (χ2v) is 8.45. The molecule has 9 nitrogen and oxygen atoms in total. The highest BCUT2D eigenvalue weighted by molar-refractivity contribution is 5.67. The zero-order valence-electron chi connectivity index (χ0n) is 18.1. The van der Waals surface area contributed by atoms with Gasteiger partial charge in [0.2, 0.25) is 5.89 Å². The van der Waals surface area contributed by atoms with Crippen LogP contribution in [-0.2, 0) is 16.0 Å². The molecule has 2 rings (SSSR count). The summed E-state index contributed by atoms with van der Waals surface area (Å²) in [6.07, 6.45) is 8.33. The van der Waals surface area contributed by atoms with Gasteiger partial charge in [0, 0.05) is 19.9 Å². The lowest BCUT2D eigenvalue weighted by Crippen LogP contribution is -2.33. The van der Waals surface area contributed by atoms with Crippen molar-refractivity contribution in [2.24, 2.45) is 11.7 Å². The summed E-state index contributed by atoms with van der Waals surface area (Å²) in [4.78, 5) is 25.0. The molecule has 1 atom stereocenters. The highest BCUT2D eigenvalue weighted by atomic mass is 16.6. The summed E-state index contributed by atoms with van der Waals surface area (Å²) in [7, 11) is 0. The number of carbonyl (C=O) groups is 2. The van der Waals surface area contributed by atoms with Crippen molar-refractivity contribution < 1.29 is 24.0 Å². The van der Waals surface area contributed by atoms with Gasteiger partial charge >= 0.3 is 6.09 Å². The van der Waals surface area contributed by atoms with Gasteiger partial charge in [-0.2, -0.15) is 4.98 Å². The van der Waals surface area contributed by atoms with E-state index in [0.717, 1.165) is 25.6 Å². The molecule has 9 heteroatoms. The van der Waals surface area contributed by atoms with Crippen molar-refractivity contribution in [3.8, 4) is 0 Å². The number of aromatic nitrogens is 2. The summed E-state index contributed by atoms with van der Waals surface area (Å²) in [5.41, 5.74) is 5.63. The molecule has 1 amide bonds. The topological polar surface area (TPSA) is 141 Å². The number of ether oxygens (including phenoxy) is 1. The molecule has 1 aromatic heterocycles. The van der Waals surface area contributed by atoms with Crippen LogP contribution in [0, 0.1) is 5.92 Å². The first-order valence-corrected chi connectivity index (χ1v) is 10.3. The first-order chi connectivity index (χ1) is 13.6. The van der Waals surface area contributed by atoms with E-state index in [4.69, 9.17) is 24.9 Å². The number of alkyl carbamates (subject to hydrolysis) is 1. The van der Waals surface area contributed by atoms with Crippen molar-refractivity contribution in [2.45, 2.75) is 90.7 Å². The number of amides is 1. The zero-order valence-corrected chi connectivity index (χ0v) is 18.1. The quantitative estimate of drug-likeness (QED) is 0.577. The van der Waals surface area contributed by atoms with Gasteiger partial charge in [-0.25, -0.2) is 4.79 Å². The molecule has 1 aliphatic rings. The summed E-state index contributed by atoms with van der Waals surface area (Å²) < 4.78 is 10.5. The Labute approximate surface area is 172 Å². The number of nitrogens with zero attached hydrogens (tertiary/aromatic N) is 2. The number of carboxylic acid groups (broad SMARTS) is 1. The lowest BCUT2D eigenvalue weighted by atomic mass is 9.87. The summed E-state index contributed by atoms with van der Waals surface area (Å²) >= 11 is 0. The van der Waals surface area contributed by atoms with Crippen molar-refractivity contribution in [3.05, 3.63) is 11.7 Å². The predicted molar refractivity (Wildman–Crippen MR) is 108 cm³/mol. The van der Waals surface area contributed by atoms with E-state index >= 15 is 0 Å². The summed E-state index contributed by atoms with van der Waals surface area (Å²) in [6.45, 7) is 7.10. The Kier molecular flexibility index (Phi) is 10.6. The van der Waals surface area contributed by atoms with Gasteiger partial charge < -0.3 is 25.4 Å². The molecule has 0 aromatic carbocycles. The predicted octanol–water partition coefficient (Wildman–Crippen LogP) is 3.59. The summed E-state index contributed by atoms with van der Waals surface area (Å²) in [6, 6.07) is -0.298. The Morgan fingerprint density at radius 3 is 2.52 bits per heavy atom. The first kappa shape index (κ1) is 24.9. The maximum atomic E-state index is 11.6. The van der Waals surface area contributed by atoms with E-state index in [9.17, 15) is 4.79 Å². The van der Waals surface area contributed by atoms with Crippen molar-refractivity contribution in [1.82, 2.24) is 15.5 Å². The van der Waals surface area contributed by atoms with E-state index in [-0.39, 0.29) is 6.04 Å². The SMILES string of the molecule is CC(=O)O.CC(C)(C)OC(=O)NCCCC(N)c1nc(CC2CCCCC2)no1. The maximum Gasteiger partial charge on any atom is 0.407 e. The number of nitrogens with two attached hydrogens (primary N) is 1. The second kappa shape index (κ2) is 12.4. The molecule has 166 valence electrons. The number of carbonyl (C=O) groups excluding carboxylic acids is 1. The Morgan fingerprint density at radius 2 is 1.93 bits per heavy atom. The fourth-order valence-corrected chi connectivity index (χ4v) is 3.10. The Balaban J connectivity index is 0.000000960. The third-order valence-electron chi connectivity index (χ3n) is 4.36. The first-order valence-electron chi connectivity index (χ1n) is 10.3. The molecule has 1 aliphatic carbocycles. The molecule has 1 aromatic rings. The second-order valence-electron chi connectivity index (χ2n) is 8.45. The molecule has 0 aliphatic heterocycles. The smallest absolute Gasteiger partial charge is 0.407 e. The molecule has 4 N–H and O–H groups in total. The molecular weight excluding hydrogens is 376 g/mol. The zero-order chi connectivity index (χ0) is 21.9. The average Bonchev–Trinajstić information content (AvgIpc) is 3.06. The van der Waals surface area contributed by atoms with Crippen LogP contribution in [0.3, 0.4) is 0 Å². The van der Waals surface area contributed by atoms with Gasteiger partial charge in [-0.3, -0.25) is 4.79 Å². The molecule has 1 unspecified atom stereocenters. The Morgan fingerprint density at radius 1 is 1.31 bits per heavy atom. The van der Waals surface area contributed by atoms with Gasteiger partial charge in [0.1, 0.15) is 5.60 Å². The highest BCUT2D eigenvalue weighted by Gasteiger charge is 2.20. The van der Waals surface area contributed by atoms with Crippen LogP contribution in [0.15, 0.2) is 4.52 Å². The van der Waals surface area contributed by atoms with Crippen molar-refractivity contribution in [2.75, 3.05) is 6.54 Å². The van der Waals surface area contributed by atoms with Gasteiger partial charge in [0.15, 0.2) is 5.82 Å². The van der Waals surface area contributed by atoms with Crippen molar-refractivity contribution in [3.63, 3.8) is 0 Å². The average molecular weight is 413 g/mol. The van der Waals surface area contributed by atoms with Gasteiger partial charge in [-0.1, -0.05) is 37.3 Å². The van der Waals surface area contributed by atoms with E-state index in [1.807, 2.05) is 20.8 Å². The molecule has 0 bridgehead atoms. The number of nitrogens with one attached hydrogen (secondary N) is 1. The summed E-state index contributed by atoms with van der Waals surface area (Å²) in [5, 5.41) is 14.2. The van der Waals surface area contributed by atoms with Crippen LogP contribution < -0.4 is 11.1 Å². The van der Waals surface area contributed by atoms with Crippen LogP contribution in [0.1, 0.15) is 90.4 Å². The molecule has 0 saturated heterocycles. The van der Waals surface area contributed by atoms with Crippen LogP contribution in [0.4, 0.5) is 4.79 Å².